The maximum absolute atomic E-state index is 12.4. The summed E-state index contributed by atoms with van der Waals surface area (Å²) in [5.41, 5.74) is 2.25. The Hall–Kier alpha value is -3.67. The van der Waals surface area contributed by atoms with Gasteiger partial charge in [-0.25, -0.2) is 0 Å². The van der Waals surface area contributed by atoms with Crippen LogP contribution in [0.2, 0.25) is 0 Å². The number of carbonyl (C=O) groups excluding carboxylic acids is 1. The fourth-order valence-corrected chi connectivity index (χ4v) is 3.88. The van der Waals surface area contributed by atoms with Gasteiger partial charge in [0, 0.05) is 17.3 Å². The first kappa shape index (κ1) is 21.6. The Balaban J connectivity index is 1.54. The molecule has 1 N–H and O–H groups in total. The van der Waals surface area contributed by atoms with E-state index in [1.807, 2.05) is 72.2 Å². The van der Waals surface area contributed by atoms with E-state index < -0.39 is 5.91 Å². The smallest absolute Gasteiger partial charge is 0.302 e. The second-order valence-electron chi connectivity index (χ2n) is 7.91. The van der Waals surface area contributed by atoms with E-state index >= 15 is 0 Å². The van der Waals surface area contributed by atoms with E-state index in [0.717, 1.165) is 46.5 Å². The minimum Gasteiger partial charge on any atom is -0.493 e. The summed E-state index contributed by atoms with van der Waals surface area (Å²) in [6, 6.07) is 19.5. The van der Waals surface area contributed by atoms with Gasteiger partial charge in [-0.3, -0.25) is 4.79 Å². The predicted molar refractivity (Wildman–Crippen MR) is 127 cm³/mol. The molecule has 0 aliphatic carbocycles. The summed E-state index contributed by atoms with van der Waals surface area (Å²) < 4.78 is 7.55. The highest BCUT2D eigenvalue weighted by atomic mass is 16.5. The first-order valence-electron chi connectivity index (χ1n) is 11.0. The van der Waals surface area contributed by atoms with Crippen molar-refractivity contribution in [1.29, 1.82) is 0 Å². The van der Waals surface area contributed by atoms with Gasteiger partial charge >= 0.3 is 5.91 Å². The van der Waals surface area contributed by atoms with Gasteiger partial charge in [0.1, 0.15) is 5.75 Å². The second-order valence-corrected chi connectivity index (χ2v) is 7.91. The molecule has 1 amide bonds. The molecule has 1 aromatic heterocycles. The summed E-state index contributed by atoms with van der Waals surface area (Å²) in [5.74, 6) is 0.141. The van der Waals surface area contributed by atoms with E-state index in [0.29, 0.717) is 18.0 Å². The Bertz CT molecular complexity index is 1290. The van der Waals surface area contributed by atoms with Gasteiger partial charge in [0.05, 0.1) is 5.52 Å². The zero-order valence-electron chi connectivity index (χ0n) is 18.4. The highest BCUT2D eigenvalue weighted by Gasteiger charge is 2.17. The number of azo groups is 1. The number of carbonyl (C=O) groups is 1. The molecule has 0 radical (unpaired) electrons. The third kappa shape index (κ3) is 4.49. The molecule has 0 fully saturated rings. The third-order valence-corrected chi connectivity index (χ3v) is 5.51. The molecule has 0 saturated carbocycles. The number of fused-ring (bicyclic) bond motifs is 2. The largest absolute Gasteiger partial charge is 0.493 e. The lowest BCUT2D eigenvalue weighted by atomic mass is 10.1. The Labute approximate surface area is 187 Å². The molecule has 0 spiro atoms. The van der Waals surface area contributed by atoms with Crippen LogP contribution in [0, 0.1) is 6.92 Å². The molecule has 4 rings (SSSR count). The van der Waals surface area contributed by atoms with Crippen LogP contribution in [0.5, 0.6) is 11.6 Å². The molecule has 32 heavy (non-hydrogen) atoms. The number of hydrogen-bond acceptors (Lipinski definition) is 4. The van der Waals surface area contributed by atoms with Crippen molar-refractivity contribution in [2.75, 3.05) is 6.61 Å². The quantitative estimate of drug-likeness (QED) is 0.250. The highest BCUT2D eigenvalue weighted by Crippen LogP contribution is 2.39. The molecule has 0 bridgehead atoms. The average Bonchev–Trinajstić information content (AvgIpc) is 3.06. The van der Waals surface area contributed by atoms with Crippen LogP contribution >= 0.6 is 0 Å². The monoisotopic (exact) mass is 429 g/mol. The van der Waals surface area contributed by atoms with Crippen LogP contribution in [0.4, 0.5) is 5.69 Å². The van der Waals surface area contributed by atoms with Crippen LogP contribution in [0.1, 0.15) is 31.7 Å². The standard InChI is InChI=1S/C26H27N3O3/c1-3-4-7-15-29-22-14-13-18(2)16-21(22)25(26(29)31)28-27-24(30)17-32-23-12-8-10-19-9-5-6-11-20(19)23/h5-6,8-14,16,31H,3-4,7,15,17H2,1-2H3. The van der Waals surface area contributed by atoms with Gasteiger partial charge in [0.25, 0.3) is 0 Å². The summed E-state index contributed by atoms with van der Waals surface area (Å²) in [6.45, 7) is 4.58. The van der Waals surface area contributed by atoms with E-state index in [2.05, 4.69) is 17.2 Å². The lowest BCUT2D eigenvalue weighted by Gasteiger charge is -2.07. The summed E-state index contributed by atoms with van der Waals surface area (Å²) in [6.07, 6.45) is 3.12. The lowest BCUT2D eigenvalue weighted by Crippen LogP contribution is -2.08. The van der Waals surface area contributed by atoms with Gasteiger partial charge in [-0.2, -0.15) is 0 Å². The van der Waals surface area contributed by atoms with E-state index in [1.165, 1.54) is 0 Å². The maximum Gasteiger partial charge on any atom is 0.302 e. The van der Waals surface area contributed by atoms with Crippen molar-refractivity contribution in [2.45, 2.75) is 39.7 Å². The number of benzene rings is 3. The molecule has 6 heteroatoms. The molecule has 3 aromatic carbocycles. The average molecular weight is 430 g/mol. The molecule has 0 aliphatic rings. The van der Waals surface area contributed by atoms with Crippen LogP contribution in [-0.2, 0) is 11.3 Å². The Morgan fingerprint density at radius 3 is 2.69 bits per heavy atom. The molecule has 0 saturated heterocycles. The fraction of sp³-hybridized carbons (Fsp3) is 0.269. The number of hydrogen-bond donors (Lipinski definition) is 1. The number of nitrogens with zero attached hydrogens (tertiary/aromatic N) is 3. The zero-order chi connectivity index (χ0) is 22.5. The van der Waals surface area contributed by atoms with Crippen LogP contribution in [0.3, 0.4) is 0 Å². The number of ether oxygens (including phenoxy) is 1. The number of aromatic hydroxyl groups is 1. The molecule has 6 nitrogen and oxygen atoms in total. The molecule has 0 unspecified atom stereocenters. The Morgan fingerprint density at radius 1 is 1.03 bits per heavy atom. The van der Waals surface area contributed by atoms with Crippen molar-refractivity contribution < 1.29 is 14.6 Å². The number of unbranched alkanes of at least 4 members (excludes halogenated alkanes) is 2. The Morgan fingerprint density at radius 2 is 1.84 bits per heavy atom. The molecular weight excluding hydrogens is 402 g/mol. The Kier molecular flexibility index (Phi) is 6.50. The highest BCUT2D eigenvalue weighted by molar-refractivity contribution is 5.96. The van der Waals surface area contributed by atoms with Crippen LogP contribution < -0.4 is 4.74 Å². The van der Waals surface area contributed by atoms with E-state index in [1.54, 1.807) is 0 Å². The van der Waals surface area contributed by atoms with Gasteiger partial charge < -0.3 is 14.4 Å². The number of aryl methyl sites for hydroxylation is 2. The normalized spacial score (nSPS) is 11.6. The SMILES string of the molecule is CCCCCn1c(O)c(N=NC(=O)COc2cccc3ccccc23)c2cc(C)ccc21. The van der Waals surface area contributed by atoms with Gasteiger partial charge in [-0.05, 0) is 36.9 Å². The fourth-order valence-electron chi connectivity index (χ4n) is 3.88. The molecule has 1 heterocycles. The van der Waals surface area contributed by atoms with Crippen molar-refractivity contribution in [3.05, 3.63) is 66.2 Å². The number of amides is 1. The van der Waals surface area contributed by atoms with Crippen molar-refractivity contribution in [1.82, 2.24) is 4.57 Å². The first-order chi connectivity index (χ1) is 15.6. The van der Waals surface area contributed by atoms with Gasteiger partial charge in [-0.15, -0.1) is 10.2 Å². The van der Waals surface area contributed by atoms with Crippen molar-refractivity contribution in [3.8, 4) is 11.6 Å². The van der Waals surface area contributed by atoms with Crippen LogP contribution in [0.15, 0.2) is 70.9 Å². The maximum atomic E-state index is 12.4. The zero-order valence-corrected chi connectivity index (χ0v) is 18.4. The second kappa shape index (κ2) is 9.64. The first-order valence-corrected chi connectivity index (χ1v) is 11.0. The van der Waals surface area contributed by atoms with E-state index in [-0.39, 0.29) is 12.5 Å². The van der Waals surface area contributed by atoms with Gasteiger partial charge in [0.2, 0.25) is 5.88 Å². The summed E-state index contributed by atoms with van der Waals surface area (Å²) in [5, 5.41) is 21.5. The van der Waals surface area contributed by atoms with Crippen LogP contribution in [-0.4, -0.2) is 22.2 Å². The third-order valence-electron chi connectivity index (χ3n) is 5.51. The minimum absolute atomic E-state index is 0.0354. The van der Waals surface area contributed by atoms with Crippen molar-refractivity contribution in [2.24, 2.45) is 10.2 Å². The minimum atomic E-state index is -0.517. The van der Waals surface area contributed by atoms with E-state index in [9.17, 15) is 9.90 Å². The molecule has 0 aliphatic heterocycles. The summed E-state index contributed by atoms with van der Waals surface area (Å²) in [7, 11) is 0. The molecular formula is C26H27N3O3. The molecule has 164 valence electrons. The van der Waals surface area contributed by atoms with Crippen molar-refractivity contribution >= 4 is 33.3 Å². The van der Waals surface area contributed by atoms with E-state index in [4.69, 9.17) is 4.74 Å². The lowest BCUT2D eigenvalue weighted by molar-refractivity contribution is -0.120. The van der Waals surface area contributed by atoms with Gasteiger partial charge in [0.15, 0.2) is 12.3 Å². The van der Waals surface area contributed by atoms with Crippen molar-refractivity contribution in [3.63, 3.8) is 0 Å². The van der Waals surface area contributed by atoms with Crippen LogP contribution in [0.25, 0.3) is 21.7 Å². The summed E-state index contributed by atoms with van der Waals surface area (Å²) >= 11 is 0. The van der Waals surface area contributed by atoms with Gasteiger partial charge in [-0.1, -0.05) is 67.8 Å². The molecule has 0 atom stereocenters. The molecule has 4 aromatic rings. The number of aromatic nitrogens is 1. The predicted octanol–water partition coefficient (Wildman–Crippen LogP) is 6.69. The summed E-state index contributed by atoms with van der Waals surface area (Å²) in [4.78, 5) is 12.4. The topological polar surface area (TPSA) is 76.2 Å². The number of rotatable bonds is 8.